The van der Waals surface area contributed by atoms with Gasteiger partial charge in [0.25, 0.3) is 11.6 Å². The second kappa shape index (κ2) is 4.83. The second-order valence-electron chi connectivity index (χ2n) is 5.15. The molecular formula is C12H15F3N4O2. The Morgan fingerprint density at radius 2 is 2.10 bits per heavy atom. The Morgan fingerprint density at radius 1 is 1.48 bits per heavy atom. The lowest BCUT2D eigenvalue weighted by atomic mass is 10.1. The molecule has 1 amide bonds. The Balaban J connectivity index is 2.32. The van der Waals surface area contributed by atoms with Crippen molar-refractivity contribution in [1.82, 2.24) is 14.8 Å². The van der Waals surface area contributed by atoms with E-state index in [4.69, 9.17) is 0 Å². The lowest BCUT2D eigenvalue weighted by Gasteiger charge is -2.33. The van der Waals surface area contributed by atoms with E-state index in [1.54, 1.807) is 6.92 Å². The number of aromatic nitrogens is 2. The average molecular weight is 304 g/mol. The predicted octanol–water partition coefficient (Wildman–Crippen LogP) is 1.61. The van der Waals surface area contributed by atoms with Crippen molar-refractivity contribution in [3.05, 3.63) is 18.0 Å². The van der Waals surface area contributed by atoms with E-state index in [0.29, 0.717) is 0 Å². The topological polar surface area (TPSA) is 70.7 Å². The minimum absolute atomic E-state index is 0.0343. The van der Waals surface area contributed by atoms with Gasteiger partial charge in [0.2, 0.25) is 0 Å². The number of aryl methyl sites for hydroxylation is 1. The molecule has 1 aliphatic heterocycles. The van der Waals surface area contributed by atoms with Gasteiger partial charge in [0.05, 0.1) is 6.20 Å². The molecule has 0 aliphatic carbocycles. The van der Waals surface area contributed by atoms with E-state index in [1.165, 1.54) is 30.9 Å². The van der Waals surface area contributed by atoms with Crippen LogP contribution in [0.25, 0.3) is 0 Å². The molecule has 116 valence electrons. The van der Waals surface area contributed by atoms with Crippen LogP contribution >= 0.6 is 0 Å². The summed E-state index contributed by atoms with van der Waals surface area (Å²) in [6, 6.07) is -1.01. The van der Waals surface area contributed by atoms with Crippen LogP contribution in [-0.4, -0.2) is 43.4 Å². The monoisotopic (exact) mass is 304 g/mol. The number of aliphatic hydroxyl groups is 1. The minimum atomic E-state index is -5.00. The first kappa shape index (κ1) is 15.5. The van der Waals surface area contributed by atoms with Gasteiger partial charge in [0, 0.05) is 18.3 Å². The molecule has 0 saturated carbocycles. The van der Waals surface area contributed by atoms with Gasteiger partial charge < -0.3 is 5.11 Å². The summed E-state index contributed by atoms with van der Waals surface area (Å²) >= 11 is 0. The fraction of sp³-hybridized carbons (Fsp3) is 0.583. The molecule has 0 spiro atoms. The van der Waals surface area contributed by atoms with Crippen molar-refractivity contribution in [1.29, 1.82) is 0 Å². The predicted molar refractivity (Wildman–Crippen MR) is 67.3 cm³/mol. The number of amides is 1. The van der Waals surface area contributed by atoms with Crippen LogP contribution in [0.5, 0.6) is 0 Å². The number of rotatable bonds is 2. The Bertz CT molecular complexity index is 596. The molecule has 6 nitrogen and oxygen atoms in total. The van der Waals surface area contributed by atoms with E-state index >= 15 is 0 Å². The van der Waals surface area contributed by atoms with Gasteiger partial charge in [-0.25, -0.2) is 0 Å². The van der Waals surface area contributed by atoms with Crippen molar-refractivity contribution in [3.63, 3.8) is 0 Å². The minimum Gasteiger partial charge on any atom is -0.362 e. The zero-order chi connectivity index (χ0) is 16.0. The number of hydrogen-bond donors (Lipinski definition) is 1. The number of nitrogens with zero attached hydrogens (tertiary/aromatic N) is 4. The summed E-state index contributed by atoms with van der Waals surface area (Å²) in [5.41, 5.74) is -2.50. The zero-order valence-electron chi connectivity index (χ0n) is 11.7. The lowest BCUT2D eigenvalue weighted by Crippen LogP contribution is -2.57. The molecule has 1 N–H and O–H groups in total. The van der Waals surface area contributed by atoms with Crippen molar-refractivity contribution in [2.24, 2.45) is 5.10 Å². The third-order valence-electron chi connectivity index (χ3n) is 3.27. The summed E-state index contributed by atoms with van der Waals surface area (Å²) in [5.74, 6) is -0.977. The van der Waals surface area contributed by atoms with Crippen LogP contribution in [0.4, 0.5) is 13.2 Å². The van der Waals surface area contributed by atoms with Gasteiger partial charge in [-0.3, -0.25) is 9.48 Å². The number of hydrogen-bond acceptors (Lipinski definition) is 4. The summed E-state index contributed by atoms with van der Waals surface area (Å²) in [6.07, 6.45) is -2.74. The van der Waals surface area contributed by atoms with Crippen molar-refractivity contribution < 1.29 is 23.1 Å². The largest absolute Gasteiger partial charge is 0.438 e. The summed E-state index contributed by atoms with van der Waals surface area (Å²) in [4.78, 5) is 12.3. The molecule has 0 fully saturated rings. The molecular weight excluding hydrogens is 289 g/mol. The van der Waals surface area contributed by atoms with Gasteiger partial charge in [-0.2, -0.15) is 28.4 Å². The Morgan fingerprint density at radius 3 is 2.57 bits per heavy atom. The van der Waals surface area contributed by atoms with Crippen LogP contribution < -0.4 is 0 Å². The smallest absolute Gasteiger partial charge is 0.362 e. The number of carbonyl (C=O) groups excluding carboxylic acids is 1. The summed E-state index contributed by atoms with van der Waals surface area (Å²) in [5, 5.41) is 17.4. The molecule has 2 rings (SSSR count). The van der Waals surface area contributed by atoms with Crippen LogP contribution in [0.3, 0.4) is 0 Å². The Hall–Kier alpha value is -1.90. The molecule has 2 atom stereocenters. The molecule has 0 bridgehead atoms. The highest BCUT2D eigenvalue weighted by Gasteiger charge is 2.63. The normalized spacial score (nSPS) is 24.1. The summed E-state index contributed by atoms with van der Waals surface area (Å²) in [7, 11) is 0. The van der Waals surface area contributed by atoms with E-state index < -0.39 is 30.3 Å². The maximum absolute atomic E-state index is 13.1. The third-order valence-corrected chi connectivity index (χ3v) is 3.27. The Labute approximate surface area is 118 Å². The van der Waals surface area contributed by atoms with E-state index in [-0.39, 0.29) is 10.7 Å². The van der Waals surface area contributed by atoms with Crippen LogP contribution in [0, 0.1) is 6.92 Å². The molecule has 1 aliphatic rings. The quantitative estimate of drug-likeness (QED) is 0.902. The van der Waals surface area contributed by atoms with Gasteiger partial charge in [0.1, 0.15) is 6.04 Å². The number of hydrazone groups is 1. The SMILES string of the molecule is CC1=NN(C(=O)[C@H](C)n2cc(C)cn2)[C@](O)(C(F)(F)F)C1. The van der Waals surface area contributed by atoms with E-state index in [1.807, 2.05) is 0 Å². The summed E-state index contributed by atoms with van der Waals surface area (Å²) < 4.78 is 40.4. The van der Waals surface area contributed by atoms with Gasteiger partial charge >= 0.3 is 6.18 Å². The van der Waals surface area contributed by atoms with E-state index in [0.717, 1.165) is 5.56 Å². The number of halogens is 3. The maximum atomic E-state index is 13.1. The van der Waals surface area contributed by atoms with Crippen molar-refractivity contribution in [3.8, 4) is 0 Å². The molecule has 21 heavy (non-hydrogen) atoms. The molecule has 2 heterocycles. The first-order valence-corrected chi connectivity index (χ1v) is 6.24. The van der Waals surface area contributed by atoms with Gasteiger partial charge in [0.15, 0.2) is 0 Å². The van der Waals surface area contributed by atoms with Crippen LogP contribution in [0.1, 0.15) is 31.9 Å². The summed E-state index contributed by atoms with van der Waals surface area (Å²) in [6.45, 7) is 4.46. The highest BCUT2D eigenvalue weighted by atomic mass is 19.4. The zero-order valence-corrected chi connectivity index (χ0v) is 11.7. The van der Waals surface area contributed by atoms with Crippen LogP contribution in [0.15, 0.2) is 17.5 Å². The lowest BCUT2D eigenvalue weighted by molar-refractivity contribution is -0.303. The van der Waals surface area contributed by atoms with Crippen molar-refractivity contribution in [2.45, 2.75) is 45.1 Å². The first-order chi connectivity index (χ1) is 9.56. The van der Waals surface area contributed by atoms with Gasteiger partial charge in [-0.15, -0.1) is 0 Å². The molecule has 9 heteroatoms. The molecule has 0 unspecified atom stereocenters. The van der Waals surface area contributed by atoms with E-state index in [2.05, 4.69) is 10.2 Å². The van der Waals surface area contributed by atoms with Crippen LogP contribution in [0.2, 0.25) is 0 Å². The highest BCUT2D eigenvalue weighted by Crippen LogP contribution is 2.41. The molecule has 0 radical (unpaired) electrons. The van der Waals surface area contributed by atoms with Gasteiger partial charge in [-0.1, -0.05) is 0 Å². The Kier molecular flexibility index (Phi) is 3.56. The molecule has 0 aromatic carbocycles. The fourth-order valence-corrected chi connectivity index (χ4v) is 2.11. The van der Waals surface area contributed by atoms with Crippen molar-refractivity contribution in [2.75, 3.05) is 0 Å². The maximum Gasteiger partial charge on any atom is 0.438 e. The molecule has 1 aromatic heterocycles. The molecule has 1 aromatic rings. The van der Waals surface area contributed by atoms with E-state index in [9.17, 15) is 23.1 Å². The molecule has 0 saturated heterocycles. The van der Waals surface area contributed by atoms with Crippen LogP contribution in [-0.2, 0) is 4.79 Å². The number of alkyl halides is 3. The second-order valence-corrected chi connectivity index (χ2v) is 5.15. The number of carbonyl (C=O) groups is 1. The van der Waals surface area contributed by atoms with Gasteiger partial charge in [-0.05, 0) is 26.3 Å². The third kappa shape index (κ3) is 2.53. The fourth-order valence-electron chi connectivity index (χ4n) is 2.11. The first-order valence-electron chi connectivity index (χ1n) is 6.24. The highest BCUT2D eigenvalue weighted by molar-refractivity contribution is 5.90. The van der Waals surface area contributed by atoms with Crippen molar-refractivity contribution >= 4 is 11.6 Å². The average Bonchev–Trinajstić information content (AvgIpc) is 2.91. The standard InChI is InChI=1S/C12H15F3N4O2/c1-7-5-16-18(6-7)9(3)10(20)19-11(21,12(13,14)15)4-8(2)17-19/h5-6,9,21H,4H2,1-3H3/t9-,11+/m0/s1.